The second kappa shape index (κ2) is 5.95. The van der Waals surface area contributed by atoms with Crippen LogP contribution in [0.1, 0.15) is 15.3 Å². The van der Waals surface area contributed by atoms with Gasteiger partial charge in [0.2, 0.25) is 0 Å². The number of benzene rings is 1. The summed E-state index contributed by atoms with van der Waals surface area (Å²) in [4.78, 5) is 1.11. The first-order chi connectivity index (χ1) is 8.65. The number of ether oxygens (including phenoxy) is 2. The van der Waals surface area contributed by atoms with Gasteiger partial charge in [0.1, 0.15) is 11.5 Å². The highest BCUT2D eigenvalue weighted by atomic mass is 79.9. The molecule has 1 heterocycles. The molecule has 0 saturated heterocycles. The predicted molar refractivity (Wildman–Crippen MR) is 79.6 cm³/mol. The Labute approximate surface area is 124 Å². The lowest BCUT2D eigenvalue weighted by molar-refractivity contribution is 0.393. The van der Waals surface area contributed by atoms with E-state index in [0.717, 1.165) is 27.0 Å². The van der Waals surface area contributed by atoms with Crippen LogP contribution in [0.5, 0.6) is 11.5 Å². The minimum absolute atomic E-state index is 0.0361. The average Bonchev–Trinajstić information content (AvgIpc) is 2.83. The van der Waals surface area contributed by atoms with Crippen LogP contribution < -0.4 is 9.47 Å². The molecule has 1 unspecified atom stereocenters. The molecular formula is C13H12BrClO2S. The fraction of sp³-hybridized carbons (Fsp3) is 0.231. The summed E-state index contributed by atoms with van der Waals surface area (Å²) in [5, 5.41) is 2.74. The summed E-state index contributed by atoms with van der Waals surface area (Å²) in [6.45, 7) is 0. The minimum Gasteiger partial charge on any atom is -0.497 e. The SMILES string of the molecule is COc1cc(OC)cc(C(Br)c2sccc2Cl)c1. The number of hydrogen-bond donors (Lipinski definition) is 0. The van der Waals surface area contributed by atoms with Crippen molar-refractivity contribution >= 4 is 38.9 Å². The number of methoxy groups -OCH3 is 2. The van der Waals surface area contributed by atoms with Gasteiger partial charge in [0.05, 0.1) is 24.1 Å². The number of rotatable bonds is 4. The van der Waals surface area contributed by atoms with Crippen LogP contribution >= 0.6 is 38.9 Å². The number of thiophene rings is 1. The van der Waals surface area contributed by atoms with Crippen molar-refractivity contribution in [1.82, 2.24) is 0 Å². The van der Waals surface area contributed by atoms with E-state index >= 15 is 0 Å². The van der Waals surface area contributed by atoms with Gasteiger partial charge in [-0.15, -0.1) is 11.3 Å². The highest BCUT2D eigenvalue weighted by Gasteiger charge is 2.17. The van der Waals surface area contributed by atoms with Crippen LogP contribution in [0.4, 0.5) is 0 Å². The van der Waals surface area contributed by atoms with E-state index in [9.17, 15) is 0 Å². The monoisotopic (exact) mass is 346 g/mol. The summed E-state index contributed by atoms with van der Waals surface area (Å²) in [5.74, 6) is 1.53. The van der Waals surface area contributed by atoms with Gasteiger partial charge in [-0.2, -0.15) is 0 Å². The molecule has 0 fully saturated rings. The lowest BCUT2D eigenvalue weighted by atomic mass is 10.1. The Morgan fingerprint density at radius 3 is 2.22 bits per heavy atom. The maximum Gasteiger partial charge on any atom is 0.122 e. The van der Waals surface area contributed by atoms with Crippen LogP contribution in [-0.2, 0) is 0 Å². The number of halogens is 2. The number of alkyl halides is 1. The summed E-state index contributed by atoms with van der Waals surface area (Å²) in [5.41, 5.74) is 1.05. The predicted octanol–water partition coefficient (Wildman–Crippen LogP) is 4.90. The van der Waals surface area contributed by atoms with Crippen LogP contribution in [0.2, 0.25) is 5.02 Å². The number of hydrogen-bond acceptors (Lipinski definition) is 3. The third-order valence-corrected chi connectivity index (χ3v) is 5.25. The Bertz CT molecular complexity index is 519. The molecule has 1 aromatic heterocycles. The second-order valence-corrected chi connectivity index (χ2v) is 5.91. The Morgan fingerprint density at radius 2 is 1.78 bits per heavy atom. The molecule has 0 saturated carbocycles. The summed E-state index contributed by atoms with van der Waals surface area (Å²) in [6, 6.07) is 7.68. The minimum atomic E-state index is 0.0361. The van der Waals surface area contributed by atoms with E-state index in [0.29, 0.717) is 0 Å². The molecule has 96 valence electrons. The van der Waals surface area contributed by atoms with Crippen molar-refractivity contribution in [3.8, 4) is 11.5 Å². The van der Waals surface area contributed by atoms with E-state index in [1.165, 1.54) is 0 Å². The van der Waals surface area contributed by atoms with E-state index in [4.69, 9.17) is 21.1 Å². The normalized spacial score (nSPS) is 12.2. The first-order valence-electron chi connectivity index (χ1n) is 5.25. The maximum absolute atomic E-state index is 6.15. The Balaban J connectivity index is 2.41. The standard InChI is InChI=1S/C13H12BrClO2S/c1-16-9-5-8(6-10(7-9)17-2)12(14)13-11(15)3-4-18-13/h3-7,12H,1-2H3. The summed E-state index contributed by atoms with van der Waals surface area (Å²) >= 11 is 11.4. The molecule has 5 heteroatoms. The Morgan fingerprint density at radius 1 is 1.17 bits per heavy atom. The molecule has 2 rings (SSSR count). The molecule has 2 aromatic rings. The Kier molecular flexibility index (Phi) is 4.54. The third kappa shape index (κ3) is 2.82. The van der Waals surface area contributed by atoms with Gasteiger partial charge in [-0.05, 0) is 29.1 Å². The van der Waals surface area contributed by atoms with Crippen LogP contribution in [0.15, 0.2) is 29.6 Å². The first kappa shape index (κ1) is 13.7. The van der Waals surface area contributed by atoms with Gasteiger partial charge in [0.15, 0.2) is 0 Å². The molecule has 0 aliphatic rings. The van der Waals surface area contributed by atoms with E-state index in [2.05, 4.69) is 15.9 Å². The second-order valence-electron chi connectivity index (χ2n) is 3.64. The zero-order chi connectivity index (χ0) is 13.1. The molecule has 18 heavy (non-hydrogen) atoms. The third-order valence-electron chi connectivity index (χ3n) is 2.54. The smallest absolute Gasteiger partial charge is 0.122 e. The van der Waals surface area contributed by atoms with Gasteiger partial charge in [-0.3, -0.25) is 0 Å². The molecular weight excluding hydrogens is 336 g/mol. The van der Waals surface area contributed by atoms with E-state index in [-0.39, 0.29) is 4.83 Å². The Hall–Kier alpha value is -0.710. The zero-order valence-corrected chi connectivity index (χ0v) is 13.1. The van der Waals surface area contributed by atoms with Crippen LogP contribution in [0, 0.1) is 0 Å². The molecule has 0 aliphatic carbocycles. The largest absolute Gasteiger partial charge is 0.497 e. The molecule has 0 amide bonds. The molecule has 1 atom stereocenters. The fourth-order valence-electron chi connectivity index (χ4n) is 1.61. The van der Waals surface area contributed by atoms with Gasteiger partial charge >= 0.3 is 0 Å². The van der Waals surface area contributed by atoms with Crippen molar-refractivity contribution in [1.29, 1.82) is 0 Å². The zero-order valence-electron chi connectivity index (χ0n) is 9.94. The van der Waals surface area contributed by atoms with Gasteiger partial charge < -0.3 is 9.47 Å². The lowest BCUT2D eigenvalue weighted by Crippen LogP contribution is -1.94. The lowest BCUT2D eigenvalue weighted by Gasteiger charge is -2.12. The van der Waals surface area contributed by atoms with E-state index < -0.39 is 0 Å². The molecule has 0 aliphatic heterocycles. The van der Waals surface area contributed by atoms with Gasteiger partial charge in [0, 0.05) is 10.9 Å². The molecule has 0 spiro atoms. The quantitative estimate of drug-likeness (QED) is 0.732. The highest BCUT2D eigenvalue weighted by Crippen LogP contribution is 2.40. The van der Waals surface area contributed by atoms with Crippen LogP contribution in [0.3, 0.4) is 0 Å². The fourth-order valence-corrected chi connectivity index (χ4v) is 3.75. The molecule has 1 aromatic carbocycles. The molecule has 0 N–H and O–H groups in total. The van der Waals surface area contributed by atoms with Crippen LogP contribution in [0.25, 0.3) is 0 Å². The maximum atomic E-state index is 6.15. The van der Waals surface area contributed by atoms with Gasteiger partial charge in [0.25, 0.3) is 0 Å². The van der Waals surface area contributed by atoms with Crippen molar-refractivity contribution in [2.75, 3.05) is 14.2 Å². The molecule has 0 bridgehead atoms. The van der Waals surface area contributed by atoms with E-state index in [1.54, 1.807) is 25.6 Å². The first-order valence-corrected chi connectivity index (χ1v) is 7.43. The van der Waals surface area contributed by atoms with Crippen molar-refractivity contribution in [2.24, 2.45) is 0 Å². The molecule has 2 nitrogen and oxygen atoms in total. The van der Waals surface area contributed by atoms with E-state index in [1.807, 2.05) is 29.6 Å². The topological polar surface area (TPSA) is 18.5 Å². The summed E-state index contributed by atoms with van der Waals surface area (Å²) < 4.78 is 10.5. The summed E-state index contributed by atoms with van der Waals surface area (Å²) in [6.07, 6.45) is 0. The van der Waals surface area contributed by atoms with Crippen molar-refractivity contribution < 1.29 is 9.47 Å². The average molecular weight is 348 g/mol. The van der Waals surface area contributed by atoms with Crippen molar-refractivity contribution in [3.05, 3.63) is 45.1 Å². The highest BCUT2D eigenvalue weighted by molar-refractivity contribution is 9.09. The van der Waals surface area contributed by atoms with Gasteiger partial charge in [-0.25, -0.2) is 0 Å². The van der Waals surface area contributed by atoms with Crippen LogP contribution in [-0.4, -0.2) is 14.2 Å². The van der Waals surface area contributed by atoms with Crippen molar-refractivity contribution in [3.63, 3.8) is 0 Å². The van der Waals surface area contributed by atoms with Crippen molar-refractivity contribution in [2.45, 2.75) is 4.83 Å². The van der Waals surface area contributed by atoms with Gasteiger partial charge in [-0.1, -0.05) is 27.5 Å². The molecule has 0 radical (unpaired) electrons. The summed E-state index contributed by atoms with van der Waals surface area (Å²) in [7, 11) is 3.28.